The van der Waals surface area contributed by atoms with E-state index in [9.17, 15) is 4.79 Å². The summed E-state index contributed by atoms with van der Waals surface area (Å²) in [5.41, 5.74) is 5.97. The van der Waals surface area contributed by atoms with Crippen LogP contribution in [-0.2, 0) is 4.74 Å². The van der Waals surface area contributed by atoms with Crippen LogP contribution in [0.25, 0.3) is 22.2 Å². The number of cyclic esters (lactones) is 1. The normalized spacial score (nSPS) is 15.9. The first-order valence-corrected chi connectivity index (χ1v) is 8.69. The molecule has 126 valence electrons. The lowest BCUT2D eigenvalue weighted by atomic mass is 10.1. The van der Waals surface area contributed by atoms with Crippen molar-refractivity contribution < 1.29 is 9.53 Å². The van der Waals surface area contributed by atoms with Crippen LogP contribution in [-0.4, -0.2) is 10.5 Å². The molecular formula is C23H17NO2. The maximum Gasteiger partial charge on any atom is 0.340 e. The number of aryl methyl sites for hydroxylation is 1. The van der Waals surface area contributed by atoms with Crippen LogP contribution in [0, 0.1) is 6.92 Å². The predicted molar refractivity (Wildman–Crippen MR) is 102 cm³/mol. The molecule has 26 heavy (non-hydrogen) atoms. The van der Waals surface area contributed by atoms with Crippen molar-refractivity contribution in [1.29, 1.82) is 0 Å². The van der Waals surface area contributed by atoms with Gasteiger partial charge in [0.15, 0.2) is 0 Å². The van der Waals surface area contributed by atoms with Gasteiger partial charge in [-0.3, -0.25) is 0 Å². The molecule has 3 aromatic carbocycles. The fourth-order valence-electron chi connectivity index (χ4n) is 3.69. The van der Waals surface area contributed by atoms with Gasteiger partial charge >= 0.3 is 5.97 Å². The van der Waals surface area contributed by atoms with Gasteiger partial charge in [0, 0.05) is 10.9 Å². The van der Waals surface area contributed by atoms with Crippen LogP contribution in [0.15, 0.2) is 78.9 Å². The maximum atomic E-state index is 12.4. The van der Waals surface area contributed by atoms with E-state index in [0.29, 0.717) is 5.56 Å². The zero-order valence-electron chi connectivity index (χ0n) is 14.3. The molecule has 1 aromatic heterocycles. The minimum absolute atomic E-state index is 0.266. The number of carbonyl (C=O) groups is 1. The molecular weight excluding hydrogens is 322 g/mol. The molecule has 0 saturated carbocycles. The number of esters is 1. The molecule has 0 spiro atoms. The molecule has 1 atom stereocenters. The third-order valence-electron chi connectivity index (χ3n) is 5.00. The molecule has 1 aliphatic rings. The number of nitrogens with zero attached hydrogens (tertiary/aromatic N) is 1. The van der Waals surface area contributed by atoms with E-state index in [1.54, 1.807) is 0 Å². The Hall–Kier alpha value is -3.33. The van der Waals surface area contributed by atoms with E-state index in [1.165, 1.54) is 5.56 Å². The predicted octanol–water partition coefficient (Wildman–Crippen LogP) is 5.33. The maximum absolute atomic E-state index is 12.4. The minimum atomic E-state index is -0.449. The molecule has 1 unspecified atom stereocenters. The summed E-state index contributed by atoms with van der Waals surface area (Å²) in [6.45, 7) is 2.08. The van der Waals surface area contributed by atoms with Gasteiger partial charge < -0.3 is 9.30 Å². The number of aromatic nitrogens is 1. The van der Waals surface area contributed by atoms with Crippen molar-refractivity contribution in [3.8, 4) is 11.3 Å². The first kappa shape index (κ1) is 15.0. The lowest BCUT2D eigenvalue weighted by molar-refractivity contribution is 0.0335. The molecule has 0 amide bonds. The van der Waals surface area contributed by atoms with Gasteiger partial charge in [0.25, 0.3) is 0 Å². The highest BCUT2D eigenvalue weighted by Gasteiger charge is 2.33. The van der Waals surface area contributed by atoms with E-state index in [0.717, 1.165) is 27.7 Å². The molecule has 0 radical (unpaired) electrons. The Kier molecular flexibility index (Phi) is 3.22. The number of carbonyl (C=O) groups excluding carboxylic acids is 1. The molecule has 0 saturated heterocycles. The smallest absolute Gasteiger partial charge is 0.340 e. The average molecular weight is 339 g/mol. The first-order valence-electron chi connectivity index (χ1n) is 8.69. The number of ether oxygens (including phenoxy) is 1. The summed E-state index contributed by atoms with van der Waals surface area (Å²) in [5.74, 6) is -0.266. The van der Waals surface area contributed by atoms with Crippen LogP contribution in [0.2, 0.25) is 0 Å². The highest BCUT2D eigenvalue weighted by molar-refractivity contribution is 5.95. The second kappa shape index (κ2) is 5.60. The molecule has 2 heterocycles. The fraction of sp³-hybridized carbons (Fsp3) is 0.0870. The van der Waals surface area contributed by atoms with Crippen LogP contribution in [0.3, 0.4) is 0 Å². The van der Waals surface area contributed by atoms with Crippen LogP contribution < -0.4 is 0 Å². The van der Waals surface area contributed by atoms with E-state index in [2.05, 4.69) is 54.0 Å². The summed E-state index contributed by atoms with van der Waals surface area (Å²) in [4.78, 5) is 12.4. The van der Waals surface area contributed by atoms with Crippen molar-refractivity contribution in [3.63, 3.8) is 0 Å². The van der Waals surface area contributed by atoms with E-state index in [-0.39, 0.29) is 5.97 Å². The zero-order valence-corrected chi connectivity index (χ0v) is 14.3. The van der Waals surface area contributed by atoms with Crippen LogP contribution >= 0.6 is 0 Å². The monoisotopic (exact) mass is 339 g/mol. The molecule has 0 N–H and O–H groups in total. The Balaban J connectivity index is 1.79. The number of para-hydroxylation sites is 1. The second-order valence-electron chi connectivity index (χ2n) is 6.67. The summed E-state index contributed by atoms with van der Waals surface area (Å²) >= 11 is 0. The minimum Gasteiger partial charge on any atom is -0.433 e. The lowest BCUT2D eigenvalue weighted by Gasteiger charge is -2.18. The van der Waals surface area contributed by atoms with Gasteiger partial charge in [0.1, 0.15) is 0 Å². The summed E-state index contributed by atoms with van der Waals surface area (Å²) in [5, 5.41) is 1.13. The van der Waals surface area contributed by atoms with Gasteiger partial charge in [0.2, 0.25) is 6.23 Å². The van der Waals surface area contributed by atoms with E-state index >= 15 is 0 Å². The third-order valence-corrected chi connectivity index (χ3v) is 5.00. The van der Waals surface area contributed by atoms with Crippen LogP contribution in [0.4, 0.5) is 0 Å². The second-order valence-corrected chi connectivity index (χ2v) is 6.67. The van der Waals surface area contributed by atoms with Gasteiger partial charge in [-0.25, -0.2) is 4.79 Å². The molecule has 3 heteroatoms. The molecule has 5 rings (SSSR count). The van der Waals surface area contributed by atoms with Gasteiger partial charge in [-0.1, -0.05) is 66.2 Å². The molecule has 4 aromatic rings. The van der Waals surface area contributed by atoms with Crippen LogP contribution in [0.1, 0.15) is 27.7 Å². The first-order chi connectivity index (χ1) is 12.7. The molecule has 0 bridgehead atoms. The summed E-state index contributed by atoms with van der Waals surface area (Å²) in [7, 11) is 0. The Morgan fingerprint density at radius 2 is 1.62 bits per heavy atom. The Morgan fingerprint density at radius 1 is 0.885 bits per heavy atom. The highest BCUT2D eigenvalue weighted by atomic mass is 16.6. The van der Waals surface area contributed by atoms with E-state index in [1.807, 2.05) is 36.4 Å². The number of hydrogen-bond acceptors (Lipinski definition) is 2. The largest absolute Gasteiger partial charge is 0.433 e. The molecule has 1 aliphatic heterocycles. The fourth-order valence-corrected chi connectivity index (χ4v) is 3.69. The Labute approximate surface area is 151 Å². The van der Waals surface area contributed by atoms with Crippen molar-refractivity contribution in [1.82, 2.24) is 4.57 Å². The van der Waals surface area contributed by atoms with Gasteiger partial charge in [-0.05, 0) is 30.7 Å². The Morgan fingerprint density at radius 3 is 2.46 bits per heavy atom. The van der Waals surface area contributed by atoms with Gasteiger partial charge in [-0.15, -0.1) is 0 Å². The van der Waals surface area contributed by atoms with Crippen molar-refractivity contribution in [2.45, 2.75) is 13.2 Å². The molecule has 3 nitrogen and oxygen atoms in total. The van der Waals surface area contributed by atoms with Crippen molar-refractivity contribution in [3.05, 3.63) is 95.6 Å². The summed E-state index contributed by atoms with van der Waals surface area (Å²) in [6, 6.07) is 26.4. The molecule has 0 aliphatic carbocycles. The van der Waals surface area contributed by atoms with Crippen LogP contribution in [0.5, 0.6) is 0 Å². The summed E-state index contributed by atoms with van der Waals surface area (Å²) in [6.07, 6.45) is -0.449. The van der Waals surface area contributed by atoms with E-state index in [4.69, 9.17) is 4.74 Å². The quantitative estimate of drug-likeness (QED) is 0.462. The van der Waals surface area contributed by atoms with Gasteiger partial charge in [-0.2, -0.15) is 0 Å². The molecule has 0 fully saturated rings. The van der Waals surface area contributed by atoms with Crippen molar-refractivity contribution in [2.24, 2.45) is 0 Å². The van der Waals surface area contributed by atoms with Crippen molar-refractivity contribution in [2.75, 3.05) is 0 Å². The van der Waals surface area contributed by atoms with Crippen molar-refractivity contribution >= 4 is 16.9 Å². The Bertz CT molecular complexity index is 1140. The SMILES string of the molecule is Cc1ccc(-c2cc3ccccc3n2C2OC(=O)c3ccccc32)cc1. The topological polar surface area (TPSA) is 31.2 Å². The van der Waals surface area contributed by atoms with E-state index < -0.39 is 6.23 Å². The van der Waals surface area contributed by atoms with Gasteiger partial charge in [0.05, 0.1) is 16.8 Å². The number of fused-ring (bicyclic) bond motifs is 2. The standard InChI is InChI=1S/C23H17NO2/c1-15-10-12-16(13-11-15)21-14-17-6-2-5-9-20(17)24(21)22-18-7-3-4-8-19(18)23(25)26-22/h2-14,22H,1H3. The number of benzene rings is 3. The number of rotatable bonds is 2. The average Bonchev–Trinajstić information content (AvgIpc) is 3.21. The highest BCUT2D eigenvalue weighted by Crippen LogP contribution is 2.39. The third kappa shape index (κ3) is 2.17. The summed E-state index contributed by atoms with van der Waals surface area (Å²) < 4.78 is 7.92. The zero-order chi connectivity index (χ0) is 17.7. The lowest BCUT2D eigenvalue weighted by Crippen LogP contribution is -2.11. The number of hydrogen-bond donors (Lipinski definition) is 0.